The molecule has 2 N–H and O–H groups in total. The van der Waals surface area contributed by atoms with E-state index in [4.69, 9.17) is 0 Å². The average molecular weight is 284 g/mol. The number of carbonyl (C=O) groups is 2. The van der Waals surface area contributed by atoms with Gasteiger partial charge in [-0.15, -0.1) is 0 Å². The third-order valence-electron chi connectivity index (χ3n) is 4.38. The van der Waals surface area contributed by atoms with Crippen LogP contribution in [0.4, 0.5) is 4.79 Å². The molecule has 5 nitrogen and oxygen atoms in total. The Morgan fingerprint density at radius 2 is 1.65 bits per heavy atom. The number of amides is 2. The molecule has 5 heteroatoms. The summed E-state index contributed by atoms with van der Waals surface area (Å²) in [5.41, 5.74) is -0.123. The first-order valence-corrected chi connectivity index (χ1v) is 7.49. The fourth-order valence-electron chi connectivity index (χ4n) is 2.90. The Labute approximate surface area is 121 Å². The first-order chi connectivity index (χ1) is 9.32. The van der Waals surface area contributed by atoms with Gasteiger partial charge in [0.05, 0.1) is 7.11 Å². The van der Waals surface area contributed by atoms with Gasteiger partial charge in [-0.25, -0.2) is 4.79 Å². The Morgan fingerprint density at radius 3 is 2.05 bits per heavy atom. The van der Waals surface area contributed by atoms with Crippen LogP contribution in [-0.2, 0) is 9.53 Å². The molecule has 1 aliphatic rings. The molecular formula is C15H28N2O3. The maximum Gasteiger partial charge on any atom is 0.407 e. The first kappa shape index (κ1) is 16.8. The van der Waals surface area contributed by atoms with Gasteiger partial charge in [-0.1, -0.05) is 40.5 Å². The number of alkyl carbamates (subject to hydrolysis) is 1. The molecule has 0 bridgehead atoms. The summed E-state index contributed by atoms with van der Waals surface area (Å²) in [6, 6.07) is -0.557. The summed E-state index contributed by atoms with van der Waals surface area (Å²) in [7, 11) is 1.30. The van der Waals surface area contributed by atoms with E-state index in [-0.39, 0.29) is 17.4 Å². The molecule has 1 aliphatic carbocycles. The van der Waals surface area contributed by atoms with Gasteiger partial charge in [0.1, 0.15) is 6.04 Å². The van der Waals surface area contributed by atoms with Crippen molar-refractivity contribution in [3.63, 3.8) is 0 Å². The van der Waals surface area contributed by atoms with E-state index >= 15 is 0 Å². The van der Waals surface area contributed by atoms with E-state index in [2.05, 4.69) is 29.2 Å². The van der Waals surface area contributed by atoms with Gasteiger partial charge in [-0.05, 0) is 24.7 Å². The number of carbonyl (C=O) groups excluding carboxylic acids is 2. The van der Waals surface area contributed by atoms with Crippen LogP contribution in [0.25, 0.3) is 0 Å². The molecular weight excluding hydrogens is 256 g/mol. The zero-order valence-corrected chi connectivity index (χ0v) is 13.3. The van der Waals surface area contributed by atoms with Crippen LogP contribution >= 0.6 is 0 Å². The van der Waals surface area contributed by atoms with Crippen LogP contribution in [0.2, 0.25) is 0 Å². The largest absolute Gasteiger partial charge is 0.453 e. The molecule has 0 radical (unpaired) electrons. The smallest absolute Gasteiger partial charge is 0.407 e. The normalized spacial score (nSPS) is 18.9. The van der Waals surface area contributed by atoms with Gasteiger partial charge in [0.2, 0.25) is 5.91 Å². The highest BCUT2D eigenvalue weighted by molar-refractivity contribution is 5.86. The van der Waals surface area contributed by atoms with Crippen LogP contribution in [-0.4, -0.2) is 30.7 Å². The van der Waals surface area contributed by atoms with E-state index in [1.165, 1.54) is 7.11 Å². The van der Waals surface area contributed by atoms with Gasteiger partial charge >= 0.3 is 6.09 Å². The monoisotopic (exact) mass is 284 g/mol. The highest BCUT2D eigenvalue weighted by Crippen LogP contribution is 2.36. The van der Waals surface area contributed by atoms with Crippen LogP contribution in [0.3, 0.4) is 0 Å². The van der Waals surface area contributed by atoms with Crippen LogP contribution in [0, 0.1) is 11.8 Å². The van der Waals surface area contributed by atoms with Crippen molar-refractivity contribution in [2.75, 3.05) is 7.11 Å². The second-order valence-electron chi connectivity index (χ2n) is 6.36. The quantitative estimate of drug-likeness (QED) is 0.815. The number of hydrogen-bond donors (Lipinski definition) is 2. The summed E-state index contributed by atoms with van der Waals surface area (Å²) in [6.45, 7) is 8.11. The Kier molecular flexibility index (Phi) is 5.84. The van der Waals surface area contributed by atoms with Crippen LogP contribution < -0.4 is 10.6 Å². The third-order valence-corrected chi connectivity index (χ3v) is 4.38. The van der Waals surface area contributed by atoms with E-state index in [9.17, 15) is 9.59 Å². The molecule has 0 aliphatic heterocycles. The lowest BCUT2D eigenvalue weighted by Crippen LogP contribution is -2.58. The molecule has 2 amide bonds. The van der Waals surface area contributed by atoms with E-state index in [0.717, 1.165) is 25.7 Å². The maximum absolute atomic E-state index is 12.5. The number of hydrogen-bond acceptors (Lipinski definition) is 3. The van der Waals surface area contributed by atoms with Crippen LogP contribution in [0.1, 0.15) is 53.4 Å². The Hall–Kier alpha value is -1.26. The second-order valence-corrected chi connectivity index (χ2v) is 6.36. The molecule has 0 aromatic rings. The molecule has 0 aromatic heterocycles. The Morgan fingerprint density at radius 1 is 1.10 bits per heavy atom. The lowest BCUT2D eigenvalue weighted by Gasteiger charge is -2.36. The van der Waals surface area contributed by atoms with Gasteiger partial charge < -0.3 is 15.4 Å². The van der Waals surface area contributed by atoms with Crippen molar-refractivity contribution in [3.05, 3.63) is 0 Å². The van der Waals surface area contributed by atoms with Crippen LogP contribution in [0.15, 0.2) is 0 Å². The van der Waals surface area contributed by atoms with Crippen molar-refractivity contribution in [1.82, 2.24) is 10.6 Å². The van der Waals surface area contributed by atoms with E-state index in [1.807, 2.05) is 13.8 Å². The molecule has 0 heterocycles. The maximum atomic E-state index is 12.5. The first-order valence-electron chi connectivity index (χ1n) is 7.49. The Bertz CT molecular complexity index is 347. The summed E-state index contributed by atoms with van der Waals surface area (Å²) >= 11 is 0. The molecule has 0 aromatic carbocycles. The lowest BCUT2D eigenvalue weighted by molar-refractivity contribution is -0.126. The van der Waals surface area contributed by atoms with Crippen molar-refractivity contribution in [2.24, 2.45) is 11.8 Å². The number of methoxy groups -OCH3 is 1. The molecule has 20 heavy (non-hydrogen) atoms. The predicted molar refractivity (Wildman–Crippen MR) is 78.3 cm³/mol. The van der Waals surface area contributed by atoms with E-state index < -0.39 is 12.1 Å². The fourth-order valence-corrected chi connectivity index (χ4v) is 2.90. The SMILES string of the molecule is COC(=O)NC(C(=O)NC1(C(C)C)CCCC1)C(C)C. The molecule has 1 rings (SSSR count). The zero-order valence-electron chi connectivity index (χ0n) is 13.3. The van der Waals surface area contributed by atoms with Gasteiger partial charge in [0.15, 0.2) is 0 Å². The minimum absolute atomic E-state index is 0.0136. The average Bonchev–Trinajstić information content (AvgIpc) is 2.84. The lowest BCUT2D eigenvalue weighted by atomic mass is 9.84. The summed E-state index contributed by atoms with van der Waals surface area (Å²) in [6.07, 6.45) is 3.76. The highest BCUT2D eigenvalue weighted by atomic mass is 16.5. The highest BCUT2D eigenvalue weighted by Gasteiger charge is 2.40. The van der Waals surface area contributed by atoms with Gasteiger partial charge in [0.25, 0.3) is 0 Å². The Balaban J connectivity index is 2.77. The zero-order chi connectivity index (χ0) is 15.3. The van der Waals surface area contributed by atoms with E-state index in [1.54, 1.807) is 0 Å². The fraction of sp³-hybridized carbons (Fsp3) is 0.867. The molecule has 1 atom stereocenters. The number of nitrogens with one attached hydrogen (secondary N) is 2. The van der Waals surface area contributed by atoms with Crippen molar-refractivity contribution < 1.29 is 14.3 Å². The summed E-state index contributed by atoms with van der Waals surface area (Å²) in [5.74, 6) is 0.292. The standard InChI is InChI=1S/C15H28N2O3/c1-10(2)12(16-14(19)20-5)13(18)17-15(11(3)4)8-6-7-9-15/h10-12H,6-9H2,1-5H3,(H,16,19)(H,17,18). The molecule has 1 fully saturated rings. The summed E-state index contributed by atoms with van der Waals surface area (Å²) in [4.78, 5) is 23.9. The molecule has 0 saturated heterocycles. The van der Waals surface area contributed by atoms with Gasteiger partial charge in [0, 0.05) is 5.54 Å². The van der Waals surface area contributed by atoms with E-state index in [0.29, 0.717) is 5.92 Å². The van der Waals surface area contributed by atoms with Crippen molar-refractivity contribution in [2.45, 2.75) is 65.0 Å². The minimum Gasteiger partial charge on any atom is -0.453 e. The minimum atomic E-state index is -0.566. The van der Waals surface area contributed by atoms with Gasteiger partial charge in [-0.2, -0.15) is 0 Å². The molecule has 1 unspecified atom stereocenters. The number of rotatable bonds is 5. The summed E-state index contributed by atoms with van der Waals surface area (Å²) < 4.78 is 4.59. The molecule has 116 valence electrons. The van der Waals surface area contributed by atoms with Crippen molar-refractivity contribution in [3.8, 4) is 0 Å². The second kappa shape index (κ2) is 6.95. The predicted octanol–water partition coefficient (Wildman–Crippen LogP) is 2.45. The van der Waals surface area contributed by atoms with Crippen LogP contribution in [0.5, 0.6) is 0 Å². The third kappa shape index (κ3) is 3.87. The number of ether oxygens (including phenoxy) is 1. The van der Waals surface area contributed by atoms with Crippen molar-refractivity contribution >= 4 is 12.0 Å². The van der Waals surface area contributed by atoms with Gasteiger partial charge in [-0.3, -0.25) is 4.79 Å². The molecule has 0 spiro atoms. The topological polar surface area (TPSA) is 67.4 Å². The van der Waals surface area contributed by atoms with Crippen molar-refractivity contribution in [1.29, 1.82) is 0 Å². The molecule has 1 saturated carbocycles. The summed E-state index contributed by atoms with van der Waals surface area (Å²) in [5, 5.41) is 5.82.